The molecular weight excluding hydrogens is 228 g/mol. The van der Waals surface area contributed by atoms with E-state index in [2.05, 4.69) is 10.3 Å². The number of pyridine rings is 1. The summed E-state index contributed by atoms with van der Waals surface area (Å²) in [7, 11) is 1.74. The third kappa shape index (κ3) is 2.36. The molecule has 0 saturated heterocycles. The Morgan fingerprint density at radius 3 is 2.78 bits per heavy atom. The van der Waals surface area contributed by atoms with Gasteiger partial charge in [0, 0.05) is 18.1 Å². The molecule has 4 nitrogen and oxygen atoms in total. The quantitative estimate of drug-likeness (QED) is 0.757. The van der Waals surface area contributed by atoms with Gasteiger partial charge >= 0.3 is 0 Å². The molecule has 0 saturated carbocycles. The van der Waals surface area contributed by atoms with Gasteiger partial charge in [0.15, 0.2) is 0 Å². The van der Waals surface area contributed by atoms with E-state index >= 15 is 0 Å². The van der Waals surface area contributed by atoms with Gasteiger partial charge in [-0.15, -0.1) is 0 Å². The average Bonchev–Trinajstić information content (AvgIpc) is 2.39. The van der Waals surface area contributed by atoms with Crippen LogP contribution in [0.15, 0.2) is 30.5 Å². The van der Waals surface area contributed by atoms with Crippen molar-refractivity contribution in [2.24, 2.45) is 0 Å². The van der Waals surface area contributed by atoms with Crippen LogP contribution in [-0.2, 0) is 0 Å². The first kappa shape index (κ1) is 13.0. The summed E-state index contributed by atoms with van der Waals surface area (Å²) in [6.07, 6.45) is 0.00826. The third-order valence-corrected chi connectivity index (χ3v) is 3.17. The highest BCUT2D eigenvalue weighted by Gasteiger charge is 2.20. The van der Waals surface area contributed by atoms with Crippen molar-refractivity contribution in [3.8, 4) is 0 Å². The fourth-order valence-electron chi connectivity index (χ4n) is 2.16. The lowest BCUT2D eigenvalue weighted by Crippen LogP contribution is -2.30. The molecule has 2 aromatic rings. The molecule has 2 atom stereocenters. The molecule has 1 aromatic carbocycles. The molecule has 0 bridgehead atoms. The van der Waals surface area contributed by atoms with Crippen molar-refractivity contribution in [3.63, 3.8) is 0 Å². The number of aromatic nitrogens is 1. The Morgan fingerprint density at radius 1 is 1.28 bits per heavy atom. The van der Waals surface area contributed by atoms with E-state index in [4.69, 9.17) is 0 Å². The molecule has 18 heavy (non-hydrogen) atoms. The molecule has 0 amide bonds. The number of aliphatic hydroxyl groups excluding tert-OH is 2. The number of aliphatic hydroxyl groups is 2. The molecule has 0 radical (unpaired) electrons. The number of benzene rings is 1. The van der Waals surface area contributed by atoms with Crippen LogP contribution in [0.4, 0.5) is 0 Å². The number of nitrogens with one attached hydrogen (secondary N) is 1. The summed E-state index contributed by atoms with van der Waals surface area (Å²) in [5.74, 6) is 0. The van der Waals surface area contributed by atoms with E-state index in [1.165, 1.54) is 0 Å². The molecule has 3 N–H and O–H groups in total. The van der Waals surface area contributed by atoms with Crippen LogP contribution in [0.5, 0.6) is 0 Å². The summed E-state index contributed by atoms with van der Waals surface area (Å²) < 4.78 is 0. The molecule has 96 valence electrons. The Labute approximate surface area is 106 Å². The summed E-state index contributed by atoms with van der Waals surface area (Å²) in [4.78, 5) is 4.32. The van der Waals surface area contributed by atoms with Gasteiger partial charge in [-0.05, 0) is 31.2 Å². The summed E-state index contributed by atoms with van der Waals surface area (Å²) in [6, 6.07) is 7.63. The zero-order valence-electron chi connectivity index (χ0n) is 10.6. The van der Waals surface area contributed by atoms with E-state index < -0.39 is 12.2 Å². The number of likely N-dealkylation sites (N-methyl/N-ethyl adjacent to an activating group) is 1. The second-order valence-corrected chi connectivity index (χ2v) is 4.42. The van der Waals surface area contributed by atoms with Crippen molar-refractivity contribution in [1.82, 2.24) is 10.3 Å². The van der Waals surface area contributed by atoms with Crippen LogP contribution in [0.25, 0.3) is 10.9 Å². The van der Waals surface area contributed by atoms with Crippen LogP contribution in [0.2, 0.25) is 0 Å². The number of aryl methyl sites for hydroxylation is 1. The zero-order chi connectivity index (χ0) is 13.1. The number of fused-ring (bicyclic) bond motifs is 1. The minimum absolute atomic E-state index is 0.348. The standard InChI is InChI=1S/C14H18N2O2/c1-9-11(14(18)12(17)8-15-2)6-5-10-4-3-7-16-13(9)10/h3-7,12,14-15,17-18H,8H2,1-2H3. The average molecular weight is 246 g/mol. The summed E-state index contributed by atoms with van der Waals surface area (Å²) in [6.45, 7) is 2.26. The Balaban J connectivity index is 2.42. The van der Waals surface area contributed by atoms with Crippen LogP contribution in [0.1, 0.15) is 17.2 Å². The van der Waals surface area contributed by atoms with Gasteiger partial charge in [0.25, 0.3) is 0 Å². The minimum atomic E-state index is -0.899. The maximum atomic E-state index is 10.1. The van der Waals surface area contributed by atoms with Crippen LogP contribution >= 0.6 is 0 Å². The van der Waals surface area contributed by atoms with Crippen LogP contribution in [0, 0.1) is 6.92 Å². The second kappa shape index (κ2) is 5.44. The van der Waals surface area contributed by atoms with Crippen molar-refractivity contribution >= 4 is 10.9 Å². The highest BCUT2D eigenvalue weighted by atomic mass is 16.3. The largest absolute Gasteiger partial charge is 0.389 e. The first-order valence-electron chi connectivity index (χ1n) is 6.00. The fourth-order valence-corrected chi connectivity index (χ4v) is 2.16. The van der Waals surface area contributed by atoms with E-state index in [9.17, 15) is 10.2 Å². The lowest BCUT2D eigenvalue weighted by atomic mass is 9.97. The van der Waals surface area contributed by atoms with Crippen molar-refractivity contribution in [1.29, 1.82) is 0 Å². The number of nitrogens with zero attached hydrogens (tertiary/aromatic N) is 1. The van der Waals surface area contributed by atoms with Gasteiger partial charge in [-0.2, -0.15) is 0 Å². The monoisotopic (exact) mass is 246 g/mol. The van der Waals surface area contributed by atoms with Crippen LogP contribution < -0.4 is 5.32 Å². The lowest BCUT2D eigenvalue weighted by Gasteiger charge is -2.20. The minimum Gasteiger partial charge on any atom is -0.389 e. The van der Waals surface area contributed by atoms with Crippen molar-refractivity contribution in [2.45, 2.75) is 19.1 Å². The van der Waals surface area contributed by atoms with Crippen molar-refractivity contribution in [2.75, 3.05) is 13.6 Å². The van der Waals surface area contributed by atoms with Gasteiger partial charge in [0.05, 0.1) is 11.6 Å². The van der Waals surface area contributed by atoms with Gasteiger partial charge in [0.1, 0.15) is 6.10 Å². The molecule has 0 spiro atoms. The van der Waals surface area contributed by atoms with E-state index in [-0.39, 0.29) is 0 Å². The van der Waals surface area contributed by atoms with E-state index in [0.717, 1.165) is 22.0 Å². The normalized spacial score (nSPS) is 14.7. The molecule has 1 heterocycles. The van der Waals surface area contributed by atoms with E-state index in [0.29, 0.717) is 6.54 Å². The zero-order valence-corrected chi connectivity index (χ0v) is 10.6. The van der Waals surface area contributed by atoms with Crippen molar-refractivity contribution in [3.05, 3.63) is 41.6 Å². The lowest BCUT2D eigenvalue weighted by molar-refractivity contribution is 0.0199. The summed E-state index contributed by atoms with van der Waals surface area (Å²) in [5, 5.41) is 23.9. The van der Waals surface area contributed by atoms with E-state index in [1.807, 2.05) is 31.2 Å². The van der Waals surface area contributed by atoms with Crippen LogP contribution in [-0.4, -0.2) is 34.9 Å². The van der Waals surface area contributed by atoms with Gasteiger partial charge in [-0.1, -0.05) is 18.2 Å². The second-order valence-electron chi connectivity index (χ2n) is 4.42. The maximum Gasteiger partial charge on any atom is 0.106 e. The number of rotatable bonds is 4. The van der Waals surface area contributed by atoms with Gasteiger partial charge < -0.3 is 15.5 Å². The predicted molar refractivity (Wildman–Crippen MR) is 71.4 cm³/mol. The molecule has 0 aliphatic rings. The number of hydrogen-bond acceptors (Lipinski definition) is 4. The maximum absolute atomic E-state index is 10.1. The molecule has 1 aromatic heterocycles. The van der Waals surface area contributed by atoms with Gasteiger partial charge in [-0.3, -0.25) is 4.98 Å². The highest BCUT2D eigenvalue weighted by Crippen LogP contribution is 2.26. The van der Waals surface area contributed by atoms with Crippen LogP contribution in [0.3, 0.4) is 0 Å². The Kier molecular flexibility index (Phi) is 3.91. The SMILES string of the molecule is CNCC(O)C(O)c1ccc2cccnc2c1C. The molecule has 0 aliphatic heterocycles. The molecule has 2 unspecified atom stereocenters. The Morgan fingerprint density at radius 2 is 2.06 bits per heavy atom. The molecule has 4 heteroatoms. The first-order chi connectivity index (χ1) is 8.65. The Bertz CT molecular complexity index is 542. The molecular formula is C14H18N2O2. The highest BCUT2D eigenvalue weighted by molar-refractivity contribution is 5.82. The number of hydrogen-bond donors (Lipinski definition) is 3. The Hall–Kier alpha value is -1.49. The van der Waals surface area contributed by atoms with Gasteiger partial charge in [0.2, 0.25) is 0 Å². The van der Waals surface area contributed by atoms with E-state index in [1.54, 1.807) is 13.2 Å². The predicted octanol–water partition coefficient (Wildman–Crippen LogP) is 1.16. The third-order valence-electron chi connectivity index (χ3n) is 3.17. The topological polar surface area (TPSA) is 65.4 Å². The summed E-state index contributed by atoms with van der Waals surface area (Å²) >= 11 is 0. The van der Waals surface area contributed by atoms with Crippen molar-refractivity contribution < 1.29 is 10.2 Å². The molecule has 0 fully saturated rings. The fraction of sp³-hybridized carbons (Fsp3) is 0.357. The first-order valence-corrected chi connectivity index (χ1v) is 6.00. The summed E-state index contributed by atoms with van der Waals surface area (Å²) in [5.41, 5.74) is 2.51. The van der Waals surface area contributed by atoms with Gasteiger partial charge in [-0.25, -0.2) is 0 Å². The smallest absolute Gasteiger partial charge is 0.106 e. The molecule has 2 rings (SSSR count). The molecule has 0 aliphatic carbocycles.